The molecule has 98 valence electrons. The first-order valence-electron chi connectivity index (χ1n) is 6.27. The van der Waals surface area contributed by atoms with Crippen molar-refractivity contribution in [1.82, 2.24) is 5.32 Å². The van der Waals surface area contributed by atoms with Crippen LogP contribution in [-0.4, -0.2) is 30.8 Å². The molecular formula is C14H19NO3. The first-order valence-corrected chi connectivity index (χ1v) is 6.27. The Labute approximate surface area is 107 Å². The van der Waals surface area contributed by atoms with Crippen LogP contribution in [0.25, 0.3) is 0 Å². The predicted molar refractivity (Wildman–Crippen MR) is 68.2 cm³/mol. The van der Waals surface area contributed by atoms with E-state index in [1.165, 1.54) is 31.1 Å². The number of ether oxygens (including phenoxy) is 1. The quantitative estimate of drug-likeness (QED) is 0.758. The van der Waals surface area contributed by atoms with Crippen molar-refractivity contribution in [1.29, 1.82) is 0 Å². The highest BCUT2D eigenvalue weighted by Gasteiger charge is 2.17. The van der Waals surface area contributed by atoms with Gasteiger partial charge in [-0.15, -0.1) is 0 Å². The van der Waals surface area contributed by atoms with Crippen LogP contribution >= 0.6 is 0 Å². The van der Waals surface area contributed by atoms with E-state index in [2.05, 4.69) is 28.3 Å². The second-order valence-electron chi connectivity index (χ2n) is 4.60. The lowest BCUT2D eigenvalue weighted by Gasteiger charge is -2.14. The van der Waals surface area contributed by atoms with Crippen LogP contribution in [0.2, 0.25) is 0 Å². The maximum absolute atomic E-state index is 11.3. The van der Waals surface area contributed by atoms with Gasteiger partial charge in [-0.2, -0.15) is 0 Å². The number of carbonyl (C=O) groups is 1. The second kappa shape index (κ2) is 5.98. The molecule has 0 unspecified atom stereocenters. The number of aliphatic hydroxyl groups excluding tert-OH is 1. The van der Waals surface area contributed by atoms with Gasteiger partial charge >= 0.3 is 5.97 Å². The number of aliphatic hydroxyl groups is 1. The minimum atomic E-state index is -0.650. The third kappa shape index (κ3) is 2.89. The molecule has 4 nitrogen and oxygen atoms in total. The van der Waals surface area contributed by atoms with Gasteiger partial charge in [-0.1, -0.05) is 18.2 Å². The summed E-state index contributed by atoms with van der Waals surface area (Å²) in [5, 5.41) is 12.1. The molecule has 0 radical (unpaired) electrons. The van der Waals surface area contributed by atoms with Crippen LogP contribution in [0.15, 0.2) is 18.2 Å². The lowest BCUT2D eigenvalue weighted by atomic mass is 10.1. The van der Waals surface area contributed by atoms with E-state index in [-0.39, 0.29) is 6.61 Å². The number of rotatable bonds is 5. The molecule has 0 aliphatic heterocycles. The van der Waals surface area contributed by atoms with Gasteiger partial charge in [0.25, 0.3) is 0 Å². The fraction of sp³-hybridized carbons (Fsp3) is 0.500. The van der Waals surface area contributed by atoms with Gasteiger partial charge in [0.2, 0.25) is 0 Å². The largest absolute Gasteiger partial charge is 0.468 e. The van der Waals surface area contributed by atoms with E-state index in [0.29, 0.717) is 6.54 Å². The Morgan fingerprint density at radius 1 is 1.44 bits per heavy atom. The summed E-state index contributed by atoms with van der Waals surface area (Å²) in [6.45, 7) is 0.311. The van der Waals surface area contributed by atoms with Gasteiger partial charge in [0.05, 0.1) is 13.7 Å². The van der Waals surface area contributed by atoms with Crippen LogP contribution in [0.5, 0.6) is 0 Å². The first kappa shape index (κ1) is 13.1. The molecule has 0 amide bonds. The summed E-state index contributed by atoms with van der Waals surface area (Å²) in [4.78, 5) is 11.3. The Morgan fingerprint density at radius 3 is 2.94 bits per heavy atom. The number of methoxy groups -OCH3 is 1. The van der Waals surface area contributed by atoms with Crippen molar-refractivity contribution in [3.63, 3.8) is 0 Å². The standard InChI is InChI=1S/C14H19NO3/c1-18-14(17)13(9-16)15-8-10-5-6-11-3-2-4-12(11)7-10/h5-7,13,15-16H,2-4,8-9H2,1H3/t13-/m0/s1. The zero-order valence-electron chi connectivity index (χ0n) is 10.6. The summed E-state index contributed by atoms with van der Waals surface area (Å²) < 4.78 is 4.60. The number of hydrogen-bond acceptors (Lipinski definition) is 4. The molecule has 0 aromatic heterocycles. The number of esters is 1. The van der Waals surface area contributed by atoms with Gasteiger partial charge in [-0.05, 0) is 36.0 Å². The molecule has 1 atom stereocenters. The van der Waals surface area contributed by atoms with Crippen molar-refractivity contribution >= 4 is 5.97 Å². The predicted octanol–water partition coefficient (Wildman–Crippen LogP) is 0.799. The van der Waals surface area contributed by atoms with E-state index < -0.39 is 12.0 Å². The highest BCUT2D eigenvalue weighted by atomic mass is 16.5. The van der Waals surface area contributed by atoms with Crippen LogP contribution in [0.4, 0.5) is 0 Å². The molecule has 1 aromatic carbocycles. The summed E-state index contributed by atoms with van der Waals surface area (Å²) in [5.41, 5.74) is 3.98. The molecule has 1 aromatic rings. The number of aryl methyl sites for hydroxylation is 2. The molecule has 0 spiro atoms. The highest BCUT2D eigenvalue weighted by Crippen LogP contribution is 2.22. The lowest BCUT2D eigenvalue weighted by molar-refractivity contribution is -0.144. The van der Waals surface area contributed by atoms with Crippen molar-refractivity contribution in [3.8, 4) is 0 Å². The smallest absolute Gasteiger partial charge is 0.325 e. The summed E-state index contributed by atoms with van der Waals surface area (Å²) in [6, 6.07) is 5.76. The Morgan fingerprint density at radius 2 is 2.22 bits per heavy atom. The molecule has 2 rings (SSSR count). The van der Waals surface area contributed by atoms with Gasteiger partial charge in [-0.3, -0.25) is 10.1 Å². The molecule has 0 saturated carbocycles. The maximum atomic E-state index is 11.3. The van der Waals surface area contributed by atoms with E-state index >= 15 is 0 Å². The zero-order valence-corrected chi connectivity index (χ0v) is 10.6. The molecular weight excluding hydrogens is 230 g/mol. The van der Waals surface area contributed by atoms with Crippen molar-refractivity contribution in [2.75, 3.05) is 13.7 Å². The molecule has 4 heteroatoms. The number of fused-ring (bicyclic) bond motifs is 1. The van der Waals surface area contributed by atoms with Crippen LogP contribution < -0.4 is 5.32 Å². The summed E-state index contributed by atoms with van der Waals surface area (Å²) in [5.74, 6) is -0.432. The molecule has 0 saturated heterocycles. The van der Waals surface area contributed by atoms with E-state index in [1.807, 2.05) is 0 Å². The summed E-state index contributed by atoms with van der Waals surface area (Å²) in [7, 11) is 1.32. The van der Waals surface area contributed by atoms with Crippen LogP contribution in [-0.2, 0) is 28.9 Å². The van der Waals surface area contributed by atoms with Gasteiger partial charge in [0.1, 0.15) is 6.04 Å². The average molecular weight is 249 g/mol. The second-order valence-corrected chi connectivity index (χ2v) is 4.60. The van der Waals surface area contributed by atoms with Crippen LogP contribution in [0, 0.1) is 0 Å². The van der Waals surface area contributed by atoms with Gasteiger partial charge in [0, 0.05) is 6.54 Å². The number of benzene rings is 1. The van der Waals surface area contributed by atoms with Crippen molar-refractivity contribution in [3.05, 3.63) is 34.9 Å². The number of carbonyl (C=O) groups excluding carboxylic acids is 1. The number of nitrogens with one attached hydrogen (secondary N) is 1. The average Bonchev–Trinajstić information content (AvgIpc) is 2.86. The third-order valence-electron chi connectivity index (χ3n) is 3.38. The Bertz CT molecular complexity index is 431. The van der Waals surface area contributed by atoms with E-state index in [1.54, 1.807) is 0 Å². The number of hydrogen-bond donors (Lipinski definition) is 2. The van der Waals surface area contributed by atoms with Crippen LogP contribution in [0.1, 0.15) is 23.1 Å². The van der Waals surface area contributed by atoms with Gasteiger partial charge in [0.15, 0.2) is 0 Å². The third-order valence-corrected chi connectivity index (χ3v) is 3.38. The van der Waals surface area contributed by atoms with E-state index in [9.17, 15) is 4.79 Å². The Balaban J connectivity index is 1.95. The Hall–Kier alpha value is -1.39. The van der Waals surface area contributed by atoms with Crippen molar-refractivity contribution < 1.29 is 14.6 Å². The Kier molecular flexibility index (Phi) is 4.33. The minimum absolute atomic E-state index is 0.252. The molecule has 0 bridgehead atoms. The van der Waals surface area contributed by atoms with Crippen molar-refractivity contribution in [2.24, 2.45) is 0 Å². The molecule has 2 N–H and O–H groups in total. The first-order chi connectivity index (χ1) is 8.74. The maximum Gasteiger partial charge on any atom is 0.325 e. The van der Waals surface area contributed by atoms with E-state index in [0.717, 1.165) is 12.0 Å². The van der Waals surface area contributed by atoms with Gasteiger partial charge in [-0.25, -0.2) is 0 Å². The summed E-state index contributed by atoms with van der Waals surface area (Å²) in [6.07, 6.45) is 3.54. The molecule has 18 heavy (non-hydrogen) atoms. The minimum Gasteiger partial charge on any atom is -0.468 e. The normalized spacial score (nSPS) is 15.2. The zero-order chi connectivity index (χ0) is 13.0. The molecule has 0 heterocycles. The van der Waals surface area contributed by atoms with Crippen LogP contribution in [0.3, 0.4) is 0 Å². The van der Waals surface area contributed by atoms with E-state index in [4.69, 9.17) is 5.11 Å². The fourth-order valence-corrected chi connectivity index (χ4v) is 2.34. The monoisotopic (exact) mass is 249 g/mol. The lowest BCUT2D eigenvalue weighted by Crippen LogP contribution is -2.40. The van der Waals surface area contributed by atoms with Gasteiger partial charge < -0.3 is 9.84 Å². The van der Waals surface area contributed by atoms with Crippen molar-refractivity contribution in [2.45, 2.75) is 31.8 Å². The summed E-state index contributed by atoms with van der Waals surface area (Å²) >= 11 is 0. The highest BCUT2D eigenvalue weighted by molar-refractivity contribution is 5.75. The topological polar surface area (TPSA) is 58.6 Å². The fourth-order valence-electron chi connectivity index (χ4n) is 2.34. The SMILES string of the molecule is COC(=O)[C@H](CO)NCc1ccc2c(c1)CCC2. The molecule has 0 fully saturated rings. The molecule has 1 aliphatic carbocycles. The molecule has 1 aliphatic rings.